The Kier molecular flexibility index (Phi) is 3.71. The van der Waals surface area contributed by atoms with Crippen molar-refractivity contribution in [3.05, 3.63) is 23.0 Å². The maximum Gasteiger partial charge on any atom is 0.191 e. The molecular formula is C14H18F3N3O. The van der Waals surface area contributed by atoms with Gasteiger partial charge in [-0.1, -0.05) is 0 Å². The molecule has 0 unspecified atom stereocenters. The molecule has 0 amide bonds. The average molecular weight is 301 g/mol. The number of piperazine rings is 1. The summed E-state index contributed by atoms with van der Waals surface area (Å²) in [6.07, 6.45) is 0.0814. The molecule has 116 valence electrons. The molecule has 4 nitrogen and oxygen atoms in total. The molecule has 1 saturated heterocycles. The highest BCUT2D eigenvalue weighted by Gasteiger charge is 2.33. The van der Waals surface area contributed by atoms with Crippen LogP contribution in [-0.4, -0.2) is 50.8 Å². The van der Waals surface area contributed by atoms with Crippen LogP contribution in [0.4, 0.5) is 18.9 Å². The van der Waals surface area contributed by atoms with Crippen LogP contribution in [-0.2, 0) is 6.42 Å². The van der Waals surface area contributed by atoms with Crippen LogP contribution in [0.2, 0.25) is 0 Å². The molecule has 21 heavy (non-hydrogen) atoms. The average Bonchev–Trinajstić information content (AvgIpc) is 2.47. The molecule has 0 spiro atoms. The molecule has 1 fully saturated rings. The van der Waals surface area contributed by atoms with Crippen molar-refractivity contribution in [2.45, 2.75) is 12.5 Å². The van der Waals surface area contributed by atoms with Gasteiger partial charge in [0, 0.05) is 37.8 Å². The topological polar surface area (TPSA) is 41.7 Å². The second kappa shape index (κ2) is 5.38. The van der Waals surface area contributed by atoms with E-state index >= 15 is 0 Å². The first kappa shape index (κ1) is 14.5. The van der Waals surface area contributed by atoms with Crippen molar-refractivity contribution in [1.82, 2.24) is 4.90 Å². The molecule has 1 aromatic rings. The molecule has 2 aliphatic heterocycles. The largest absolute Gasteiger partial charge is 0.488 e. The minimum atomic E-state index is -1.14. The molecule has 0 aliphatic carbocycles. The van der Waals surface area contributed by atoms with Crippen LogP contribution in [0, 0.1) is 17.5 Å². The minimum Gasteiger partial charge on any atom is -0.488 e. The van der Waals surface area contributed by atoms with Crippen LogP contribution >= 0.6 is 0 Å². The van der Waals surface area contributed by atoms with E-state index in [9.17, 15) is 13.2 Å². The van der Waals surface area contributed by atoms with Gasteiger partial charge in [-0.25, -0.2) is 13.2 Å². The number of likely N-dealkylation sites (N-methyl/N-ethyl adjacent to an activating group) is 1. The number of ether oxygens (including phenoxy) is 1. The summed E-state index contributed by atoms with van der Waals surface area (Å²) in [6.45, 7) is 2.34. The quantitative estimate of drug-likeness (QED) is 0.789. The third-order valence-corrected chi connectivity index (χ3v) is 4.07. The van der Waals surface area contributed by atoms with Crippen LogP contribution in [0.5, 0.6) is 5.75 Å². The third-order valence-electron chi connectivity index (χ3n) is 4.07. The van der Waals surface area contributed by atoms with Crippen molar-refractivity contribution in [3.8, 4) is 5.75 Å². The number of hydrogen-bond acceptors (Lipinski definition) is 4. The number of halogens is 3. The monoisotopic (exact) mass is 301 g/mol. The molecule has 2 aliphatic rings. The predicted octanol–water partition coefficient (Wildman–Crippen LogP) is 1.12. The normalized spacial score (nSPS) is 22.9. The molecule has 7 heteroatoms. The molecule has 2 heterocycles. The highest BCUT2D eigenvalue weighted by Crippen LogP contribution is 2.39. The molecule has 0 saturated carbocycles. The first-order chi connectivity index (χ1) is 9.99. The fourth-order valence-corrected chi connectivity index (χ4v) is 2.82. The molecule has 3 rings (SSSR count). The van der Waals surface area contributed by atoms with Gasteiger partial charge in [0.25, 0.3) is 0 Å². The van der Waals surface area contributed by atoms with Crippen molar-refractivity contribution in [3.63, 3.8) is 0 Å². The fraction of sp³-hybridized carbons (Fsp3) is 0.571. The third kappa shape index (κ3) is 2.44. The highest BCUT2D eigenvalue weighted by atomic mass is 19.2. The summed E-state index contributed by atoms with van der Waals surface area (Å²) < 4.78 is 48.3. The van der Waals surface area contributed by atoms with Crippen molar-refractivity contribution in [2.24, 2.45) is 5.73 Å². The maximum atomic E-state index is 14.6. The molecule has 1 aromatic carbocycles. The summed E-state index contributed by atoms with van der Waals surface area (Å²) in [7, 11) is 1.93. The number of fused-ring (bicyclic) bond motifs is 1. The molecule has 0 radical (unpaired) electrons. The van der Waals surface area contributed by atoms with E-state index in [2.05, 4.69) is 4.90 Å². The lowest BCUT2D eigenvalue weighted by molar-refractivity contribution is 0.243. The molecule has 0 aromatic heterocycles. The zero-order valence-electron chi connectivity index (χ0n) is 11.8. The summed E-state index contributed by atoms with van der Waals surface area (Å²) in [5, 5.41) is 0. The smallest absolute Gasteiger partial charge is 0.191 e. The van der Waals surface area contributed by atoms with E-state index in [0.717, 1.165) is 0 Å². The summed E-state index contributed by atoms with van der Waals surface area (Å²) in [4.78, 5) is 3.59. The van der Waals surface area contributed by atoms with E-state index in [1.807, 2.05) is 7.05 Å². The van der Waals surface area contributed by atoms with Crippen molar-refractivity contribution >= 4 is 5.69 Å². The Labute approximate surface area is 121 Å². The van der Waals surface area contributed by atoms with Crippen LogP contribution in [0.15, 0.2) is 0 Å². The van der Waals surface area contributed by atoms with Crippen LogP contribution < -0.4 is 15.4 Å². The molecule has 0 bridgehead atoms. The number of nitrogens with zero attached hydrogens (tertiary/aromatic N) is 2. The zero-order valence-corrected chi connectivity index (χ0v) is 11.8. The lowest BCUT2D eigenvalue weighted by Gasteiger charge is -2.35. The van der Waals surface area contributed by atoms with Crippen LogP contribution in [0.1, 0.15) is 5.56 Å². The van der Waals surface area contributed by atoms with Gasteiger partial charge in [0.1, 0.15) is 12.3 Å². The van der Waals surface area contributed by atoms with E-state index in [1.165, 1.54) is 4.90 Å². The van der Waals surface area contributed by atoms with Crippen molar-refractivity contribution in [2.75, 3.05) is 44.7 Å². The Morgan fingerprint density at radius 1 is 1.05 bits per heavy atom. The molecule has 2 N–H and O–H groups in total. The Morgan fingerprint density at radius 2 is 1.71 bits per heavy atom. The summed E-state index contributed by atoms with van der Waals surface area (Å²) >= 11 is 0. The van der Waals surface area contributed by atoms with Crippen molar-refractivity contribution < 1.29 is 17.9 Å². The Morgan fingerprint density at radius 3 is 2.38 bits per heavy atom. The van der Waals surface area contributed by atoms with Gasteiger partial charge in [0.15, 0.2) is 23.2 Å². The Bertz CT molecular complexity index is 559. The first-order valence-corrected chi connectivity index (χ1v) is 7.00. The number of benzene rings is 1. The molecule has 1 atom stereocenters. The van der Waals surface area contributed by atoms with Crippen LogP contribution in [0.25, 0.3) is 0 Å². The van der Waals surface area contributed by atoms with Gasteiger partial charge in [-0.05, 0) is 13.5 Å². The summed E-state index contributed by atoms with van der Waals surface area (Å²) in [5.41, 5.74) is 5.24. The van der Waals surface area contributed by atoms with Gasteiger partial charge in [0.2, 0.25) is 0 Å². The fourth-order valence-electron chi connectivity index (χ4n) is 2.82. The number of anilines is 1. The van der Waals surface area contributed by atoms with Crippen molar-refractivity contribution in [1.29, 1.82) is 0 Å². The zero-order chi connectivity index (χ0) is 15.1. The lowest BCUT2D eigenvalue weighted by atomic mass is 10.0. The van der Waals surface area contributed by atoms with Crippen LogP contribution in [0.3, 0.4) is 0 Å². The van der Waals surface area contributed by atoms with E-state index in [0.29, 0.717) is 26.2 Å². The summed E-state index contributed by atoms with van der Waals surface area (Å²) in [6, 6.07) is -0.444. The van der Waals surface area contributed by atoms with E-state index < -0.39 is 23.5 Å². The highest BCUT2D eigenvalue weighted by molar-refractivity contribution is 5.58. The van der Waals surface area contributed by atoms with E-state index in [1.54, 1.807) is 0 Å². The number of nitrogens with two attached hydrogens (primary N) is 1. The Balaban J connectivity index is 2.04. The first-order valence-electron chi connectivity index (χ1n) is 7.00. The minimum absolute atomic E-state index is 0.0814. The van der Waals surface area contributed by atoms with Gasteiger partial charge in [-0.3, -0.25) is 0 Å². The standard InChI is InChI=1S/C14H18F3N3O/c1-19-2-4-20(5-3-19)13-11(16)10(15)9-6-8(18)7-21-14(9)12(13)17/h8H,2-7,18H2,1H3/t8-/m1/s1. The van der Waals surface area contributed by atoms with Gasteiger partial charge in [-0.2, -0.15) is 0 Å². The maximum absolute atomic E-state index is 14.6. The van der Waals surface area contributed by atoms with Gasteiger partial charge >= 0.3 is 0 Å². The SMILES string of the molecule is CN1CCN(c2c(F)c(F)c3c(c2F)OC[C@H](N)C3)CC1. The Hall–Kier alpha value is -1.47. The lowest BCUT2D eigenvalue weighted by Crippen LogP contribution is -2.45. The van der Waals surface area contributed by atoms with E-state index in [-0.39, 0.29) is 30.0 Å². The van der Waals surface area contributed by atoms with Gasteiger partial charge in [0.05, 0.1) is 0 Å². The summed E-state index contributed by atoms with van der Waals surface area (Å²) in [5.74, 6) is -3.20. The second-order valence-electron chi connectivity index (χ2n) is 5.66. The molecular weight excluding hydrogens is 283 g/mol. The number of hydrogen-bond donors (Lipinski definition) is 1. The van der Waals surface area contributed by atoms with E-state index in [4.69, 9.17) is 10.5 Å². The van der Waals surface area contributed by atoms with Gasteiger partial charge in [-0.15, -0.1) is 0 Å². The number of rotatable bonds is 1. The predicted molar refractivity (Wildman–Crippen MR) is 73.2 cm³/mol. The van der Waals surface area contributed by atoms with Gasteiger partial charge < -0.3 is 20.3 Å². The second-order valence-corrected chi connectivity index (χ2v) is 5.66.